The fraction of sp³-hybridized carbons (Fsp3) is 0.292. The van der Waals surface area contributed by atoms with Gasteiger partial charge in [0.2, 0.25) is 10.0 Å². The highest BCUT2D eigenvalue weighted by Crippen LogP contribution is 2.31. The number of nitrogens with one attached hydrogen (secondary N) is 1. The first-order valence-electron chi connectivity index (χ1n) is 11.1. The van der Waals surface area contributed by atoms with E-state index in [9.17, 15) is 22.3 Å². The fourth-order valence-electron chi connectivity index (χ4n) is 3.84. The second-order valence-corrected chi connectivity index (χ2v) is 10.7. The van der Waals surface area contributed by atoms with Crippen LogP contribution < -0.4 is 15.2 Å². The fourth-order valence-corrected chi connectivity index (χ4v) is 5.13. The molecule has 4 rings (SSSR count). The predicted octanol–water partition coefficient (Wildman–Crippen LogP) is 3.65. The van der Waals surface area contributed by atoms with Gasteiger partial charge >= 0.3 is 0 Å². The zero-order valence-corrected chi connectivity index (χ0v) is 20.7. The number of β-amino-alcohol motifs (C(OH)–C–C–N with tert-alkyl or cyclic N) is 1. The van der Waals surface area contributed by atoms with E-state index < -0.39 is 27.8 Å². The van der Waals surface area contributed by atoms with Gasteiger partial charge in [0.1, 0.15) is 18.2 Å². The number of sulfonamides is 1. The summed E-state index contributed by atoms with van der Waals surface area (Å²) in [5, 5.41) is 9.22. The lowest BCUT2D eigenvalue weighted by molar-refractivity contribution is 0.178. The Balaban J connectivity index is 1.46. The smallest absolute Gasteiger partial charge is 0.233 e. The average molecular weight is 539 g/mol. The number of hydrogen-bond donors (Lipinski definition) is 3. The molecular weight excluding hydrogens is 514 g/mol. The molecule has 0 amide bonds. The van der Waals surface area contributed by atoms with Gasteiger partial charge in [-0.3, -0.25) is 9.62 Å². The minimum Gasteiger partial charge on any atom is -0.485 e. The number of anilines is 2. The van der Waals surface area contributed by atoms with Crippen molar-refractivity contribution in [2.75, 3.05) is 35.8 Å². The third-order valence-corrected chi connectivity index (χ3v) is 7.46. The summed E-state index contributed by atoms with van der Waals surface area (Å²) in [6, 6.07) is 10.1. The molecule has 0 unspecified atom stereocenters. The van der Waals surface area contributed by atoms with E-state index in [0.29, 0.717) is 42.9 Å². The molecule has 0 bridgehead atoms. The van der Waals surface area contributed by atoms with Crippen LogP contribution in [0.25, 0.3) is 11.1 Å². The predicted molar refractivity (Wildman–Crippen MR) is 134 cm³/mol. The molecule has 2 aromatic carbocycles. The topological polar surface area (TPSA) is 118 Å². The van der Waals surface area contributed by atoms with Gasteiger partial charge < -0.3 is 15.6 Å². The van der Waals surface area contributed by atoms with E-state index in [1.807, 2.05) is 4.90 Å². The third-order valence-electron chi connectivity index (χ3n) is 5.79. The van der Waals surface area contributed by atoms with Gasteiger partial charge in [0.25, 0.3) is 0 Å². The minimum absolute atomic E-state index is 0.0376. The molecule has 0 aliphatic carbocycles. The van der Waals surface area contributed by atoms with E-state index in [0.717, 1.165) is 12.1 Å². The lowest BCUT2D eigenvalue weighted by Crippen LogP contribution is -2.30. The standard InChI is InChI=1S/C24H25ClF2N4O4S/c25-23-19(20(26)4-5-21(23)27)14-35-22-11-16(12-29-24(22)28)15-2-1-3-17(10-15)30-36(33,34)9-8-31-7-6-18(32)13-31/h1-5,10-12,18,30,32H,6-9,13-14H2,(H2,28,29)/t18-/m1/s1. The van der Waals surface area contributed by atoms with E-state index >= 15 is 0 Å². The highest BCUT2D eigenvalue weighted by atomic mass is 35.5. The van der Waals surface area contributed by atoms with Gasteiger partial charge in [-0.05, 0) is 42.3 Å². The molecule has 0 saturated carbocycles. The Labute approximate surface area is 212 Å². The van der Waals surface area contributed by atoms with Crippen LogP contribution in [0.1, 0.15) is 12.0 Å². The van der Waals surface area contributed by atoms with Gasteiger partial charge in [-0.1, -0.05) is 23.7 Å². The van der Waals surface area contributed by atoms with Crippen molar-refractivity contribution in [2.24, 2.45) is 0 Å². The minimum atomic E-state index is -3.62. The number of ether oxygens (including phenoxy) is 1. The van der Waals surface area contributed by atoms with Crippen molar-refractivity contribution in [3.8, 4) is 16.9 Å². The molecule has 1 aliphatic rings. The van der Waals surface area contributed by atoms with E-state index in [-0.39, 0.29) is 34.5 Å². The molecule has 36 heavy (non-hydrogen) atoms. The Morgan fingerprint density at radius 2 is 1.97 bits per heavy atom. The Morgan fingerprint density at radius 3 is 2.72 bits per heavy atom. The van der Waals surface area contributed by atoms with Crippen LogP contribution in [0.3, 0.4) is 0 Å². The van der Waals surface area contributed by atoms with E-state index in [2.05, 4.69) is 9.71 Å². The van der Waals surface area contributed by atoms with Gasteiger partial charge in [0.05, 0.1) is 16.9 Å². The monoisotopic (exact) mass is 538 g/mol. The Hall–Kier alpha value is -2.99. The molecule has 4 N–H and O–H groups in total. The van der Waals surface area contributed by atoms with E-state index in [1.54, 1.807) is 30.3 Å². The number of likely N-dealkylation sites (tertiary alicyclic amines) is 1. The highest BCUT2D eigenvalue weighted by Gasteiger charge is 2.22. The number of benzene rings is 2. The number of hydrogen-bond acceptors (Lipinski definition) is 7. The number of aliphatic hydroxyl groups is 1. The van der Waals surface area contributed by atoms with Gasteiger partial charge in [-0.25, -0.2) is 22.2 Å². The summed E-state index contributed by atoms with van der Waals surface area (Å²) in [6.07, 6.45) is 1.72. The Kier molecular flexibility index (Phi) is 7.94. The number of nitrogen functional groups attached to an aromatic ring is 1. The third kappa shape index (κ3) is 6.41. The molecule has 1 fully saturated rings. The number of rotatable bonds is 9. The molecule has 1 aliphatic heterocycles. The number of nitrogens with two attached hydrogens (primary N) is 1. The van der Waals surface area contributed by atoms with E-state index in [1.165, 1.54) is 6.20 Å². The molecule has 1 saturated heterocycles. The van der Waals surface area contributed by atoms with Crippen LogP contribution in [0, 0.1) is 11.6 Å². The Morgan fingerprint density at radius 1 is 1.19 bits per heavy atom. The first-order valence-corrected chi connectivity index (χ1v) is 13.2. The SMILES string of the molecule is Nc1ncc(-c2cccc(NS(=O)(=O)CCN3CC[C@@H](O)C3)c2)cc1OCc1c(F)ccc(F)c1Cl. The van der Waals surface area contributed by atoms with Crippen LogP contribution >= 0.6 is 11.6 Å². The maximum Gasteiger partial charge on any atom is 0.233 e. The highest BCUT2D eigenvalue weighted by molar-refractivity contribution is 7.92. The number of nitrogens with zero attached hydrogens (tertiary/aromatic N) is 2. The molecule has 2 heterocycles. The van der Waals surface area contributed by atoms with Crippen LogP contribution in [0.15, 0.2) is 48.7 Å². The van der Waals surface area contributed by atoms with Crippen LogP contribution in [0.5, 0.6) is 5.75 Å². The summed E-state index contributed by atoms with van der Waals surface area (Å²) >= 11 is 5.86. The van der Waals surface area contributed by atoms with Gasteiger partial charge in [-0.2, -0.15) is 0 Å². The summed E-state index contributed by atoms with van der Waals surface area (Å²) in [6.45, 7) is 1.09. The van der Waals surface area contributed by atoms with Gasteiger partial charge in [0.15, 0.2) is 11.6 Å². The summed E-state index contributed by atoms with van der Waals surface area (Å²) < 4.78 is 61.1. The maximum atomic E-state index is 14.1. The van der Waals surface area contributed by atoms with Crippen molar-refractivity contribution < 1.29 is 27.0 Å². The van der Waals surface area contributed by atoms with Crippen LogP contribution in [0.2, 0.25) is 5.02 Å². The molecule has 8 nitrogen and oxygen atoms in total. The molecular formula is C24H25ClF2N4O4S. The van der Waals surface area contributed by atoms with Gasteiger partial charge in [0, 0.05) is 42.6 Å². The van der Waals surface area contributed by atoms with Crippen molar-refractivity contribution in [3.63, 3.8) is 0 Å². The van der Waals surface area contributed by atoms with Crippen molar-refractivity contribution in [1.82, 2.24) is 9.88 Å². The average Bonchev–Trinajstić information content (AvgIpc) is 3.26. The molecule has 192 valence electrons. The summed E-state index contributed by atoms with van der Waals surface area (Å²) in [7, 11) is -3.62. The second kappa shape index (κ2) is 11.0. The van der Waals surface area contributed by atoms with E-state index in [4.69, 9.17) is 22.1 Å². The quantitative estimate of drug-likeness (QED) is 0.356. The molecule has 3 aromatic rings. The van der Waals surface area contributed by atoms with Crippen molar-refractivity contribution in [3.05, 3.63) is 70.9 Å². The first-order chi connectivity index (χ1) is 17.1. The number of aliphatic hydroxyl groups excluding tert-OH is 1. The van der Waals surface area contributed by atoms with Crippen LogP contribution in [-0.2, 0) is 16.6 Å². The lowest BCUT2D eigenvalue weighted by Gasteiger charge is -2.16. The van der Waals surface area contributed by atoms with Crippen LogP contribution in [0.4, 0.5) is 20.3 Å². The van der Waals surface area contributed by atoms with Crippen LogP contribution in [-0.4, -0.2) is 54.9 Å². The number of pyridine rings is 1. The van der Waals surface area contributed by atoms with Gasteiger partial charge in [-0.15, -0.1) is 0 Å². The maximum absolute atomic E-state index is 14.1. The molecule has 12 heteroatoms. The first kappa shape index (κ1) is 26.1. The zero-order valence-electron chi connectivity index (χ0n) is 19.1. The molecule has 1 aromatic heterocycles. The Bertz CT molecular complexity index is 1360. The normalized spacial score (nSPS) is 16.3. The zero-order chi connectivity index (χ0) is 25.9. The number of aromatic nitrogens is 1. The second-order valence-electron chi connectivity index (χ2n) is 8.46. The largest absolute Gasteiger partial charge is 0.485 e. The molecule has 0 spiro atoms. The molecule has 0 radical (unpaired) electrons. The van der Waals surface area contributed by atoms with Crippen molar-refractivity contribution >= 4 is 33.1 Å². The number of halogens is 3. The van der Waals surface area contributed by atoms with Crippen molar-refractivity contribution in [1.29, 1.82) is 0 Å². The summed E-state index contributed by atoms with van der Waals surface area (Å²) in [5.41, 5.74) is 7.30. The summed E-state index contributed by atoms with van der Waals surface area (Å²) in [5.74, 6) is -1.43. The summed E-state index contributed by atoms with van der Waals surface area (Å²) in [4.78, 5) is 6.01. The van der Waals surface area contributed by atoms with Crippen molar-refractivity contribution in [2.45, 2.75) is 19.1 Å². The lowest BCUT2D eigenvalue weighted by atomic mass is 10.1. The molecule has 1 atom stereocenters.